The van der Waals surface area contributed by atoms with Crippen molar-refractivity contribution in [1.29, 1.82) is 0 Å². The average Bonchev–Trinajstić information content (AvgIpc) is 3.85. The molecule has 0 saturated carbocycles. The van der Waals surface area contributed by atoms with E-state index in [1.165, 1.54) is 12.1 Å². The molecule has 0 aliphatic carbocycles. The largest absolute Gasteiger partial charge is 0.361 e. The minimum Gasteiger partial charge on any atom is -0.361 e. The molecule has 11 nitrogen and oxygen atoms in total. The molecule has 6 rings (SSSR count). The van der Waals surface area contributed by atoms with Crippen molar-refractivity contribution >= 4 is 38.8 Å². The van der Waals surface area contributed by atoms with Crippen LogP contribution in [0, 0.1) is 10.1 Å². The first-order valence-corrected chi connectivity index (χ1v) is 20.5. The summed E-state index contributed by atoms with van der Waals surface area (Å²) in [6, 6.07) is 21.4. The molecule has 0 saturated heterocycles. The highest BCUT2D eigenvalue weighted by Crippen LogP contribution is 2.44. The van der Waals surface area contributed by atoms with E-state index >= 15 is 0 Å². The maximum atomic E-state index is 11.1. The number of nitrogens with one attached hydrogen (secondary N) is 4. The van der Waals surface area contributed by atoms with Crippen molar-refractivity contribution in [3.8, 4) is 0 Å². The number of hydrogen-bond acceptors (Lipinski definition) is 6. The summed E-state index contributed by atoms with van der Waals surface area (Å²) in [6.45, 7) is 17.7. The summed E-state index contributed by atoms with van der Waals surface area (Å²) in [5.74, 6) is 0.645. The fourth-order valence-electron chi connectivity index (χ4n) is 6.04. The number of hydrogen-bond donors (Lipinski definition) is 4. The van der Waals surface area contributed by atoms with E-state index in [0.717, 1.165) is 45.4 Å². The molecule has 4 aromatic heterocycles. The lowest BCUT2D eigenvalue weighted by atomic mass is 9.80. The molecule has 0 spiro atoms. The Morgan fingerprint density at radius 3 is 1.22 bits per heavy atom. The van der Waals surface area contributed by atoms with Crippen LogP contribution in [0.2, 0.25) is 0 Å². The Labute approximate surface area is 305 Å². The first-order valence-electron chi connectivity index (χ1n) is 16.6. The summed E-state index contributed by atoms with van der Waals surface area (Å²) in [5, 5.41) is 20.3. The first kappa shape index (κ1) is 39.4. The van der Waals surface area contributed by atoms with Gasteiger partial charge < -0.3 is 19.9 Å². The van der Waals surface area contributed by atoms with Crippen LogP contribution in [-0.4, -0.2) is 58.3 Å². The van der Waals surface area contributed by atoms with Crippen LogP contribution in [0.25, 0.3) is 0 Å². The van der Waals surface area contributed by atoms with Gasteiger partial charge in [0.05, 0.1) is 10.6 Å². The van der Waals surface area contributed by atoms with E-state index in [1.54, 1.807) is 37.2 Å². The summed E-state index contributed by atoms with van der Waals surface area (Å²) >= 11 is 0. The number of benzene rings is 1. The van der Waals surface area contributed by atoms with Gasteiger partial charge >= 0.3 is 0 Å². The van der Waals surface area contributed by atoms with Crippen molar-refractivity contribution in [3.05, 3.63) is 122 Å². The van der Waals surface area contributed by atoms with Gasteiger partial charge in [0, 0.05) is 126 Å². The number of nitro benzene ring substituents is 1. The Morgan fingerprint density at radius 1 is 0.529 bits per heavy atom. The third kappa shape index (κ3) is 8.41. The summed E-state index contributed by atoms with van der Waals surface area (Å²) in [7, 11) is -1.22. The zero-order valence-electron chi connectivity index (χ0n) is 31.6. The van der Waals surface area contributed by atoms with E-state index in [0.29, 0.717) is 11.5 Å². The van der Waals surface area contributed by atoms with Gasteiger partial charge in [0.1, 0.15) is 0 Å². The third-order valence-corrected chi connectivity index (χ3v) is 9.57. The molecule has 13 heteroatoms. The number of non-ortho nitro benzene ring substituents is 1. The van der Waals surface area contributed by atoms with E-state index in [9.17, 15) is 18.5 Å². The van der Waals surface area contributed by atoms with Crippen LogP contribution in [0.5, 0.6) is 0 Å². The predicted molar refractivity (Wildman–Crippen MR) is 209 cm³/mol. The third-order valence-electron chi connectivity index (χ3n) is 9.57. The standard InChI is InChI=1S/C34H39N7O2.2C2H6OS/c1-31(2)22-19-29(38-30(22)40-39-20-9-11-21(12-10-20)41(42)43)34(7,8)28-18-17-27(37-28)33(5,6)26-16-15-25(36-26)32(3,4)24-14-13-23(31)35-24;2*1-4(2)3/h9-19,35-38H,1-8H3;2*1-2H3. The fourth-order valence-corrected chi connectivity index (χ4v) is 6.04. The summed E-state index contributed by atoms with van der Waals surface area (Å²) in [4.78, 5) is 25.6. The first-order chi connectivity index (χ1) is 23.6. The van der Waals surface area contributed by atoms with E-state index in [-0.39, 0.29) is 16.5 Å². The normalized spacial score (nSPS) is 16.7. The number of rotatable bonds is 3. The summed E-state index contributed by atoms with van der Waals surface area (Å²) in [5.41, 5.74) is 7.81. The van der Waals surface area contributed by atoms with Gasteiger partial charge in [-0.3, -0.25) is 18.5 Å². The molecule has 0 atom stereocenters. The predicted octanol–water partition coefficient (Wildman–Crippen LogP) is 8.93. The molecule has 0 radical (unpaired) electrons. The molecule has 1 aliphatic rings. The second-order valence-electron chi connectivity index (χ2n) is 15.3. The van der Waals surface area contributed by atoms with E-state index in [4.69, 9.17) is 0 Å². The van der Waals surface area contributed by atoms with Crippen molar-refractivity contribution in [3.63, 3.8) is 0 Å². The molecule has 51 heavy (non-hydrogen) atoms. The Hall–Kier alpha value is -4.36. The van der Waals surface area contributed by atoms with Crippen LogP contribution in [0.4, 0.5) is 17.2 Å². The molecular weight excluding hydrogens is 683 g/mol. The fraction of sp³-hybridized carbons (Fsp3) is 0.421. The second-order valence-corrected chi connectivity index (χ2v) is 18.2. The maximum Gasteiger partial charge on any atom is 0.269 e. The quantitative estimate of drug-likeness (QED) is 0.0827. The Morgan fingerprint density at radius 2 is 0.863 bits per heavy atom. The molecule has 1 aliphatic heterocycles. The Kier molecular flexibility index (Phi) is 11.4. The molecule has 0 fully saturated rings. The van der Waals surface area contributed by atoms with Gasteiger partial charge in [-0.1, -0.05) is 13.8 Å². The summed E-state index contributed by atoms with van der Waals surface area (Å²) in [6.07, 6.45) is 6.56. The molecule has 274 valence electrons. The van der Waals surface area contributed by atoms with Gasteiger partial charge in [-0.2, -0.15) is 0 Å². The van der Waals surface area contributed by atoms with Crippen LogP contribution in [0.15, 0.2) is 77.0 Å². The zero-order chi connectivity index (χ0) is 38.1. The number of aromatic nitrogens is 4. The lowest BCUT2D eigenvalue weighted by Gasteiger charge is -2.28. The van der Waals surface area contributed by atoms with Gasteiger partial charge in [-0.05, 0) is 96.1 Å². The van der Waals surface area contributed by atoms with E-state index < -0.39 is 37.4 Å². The van der Waals surface area contributed by atoms with Crippen molar-refractivity contribution in [1.82, 2.24) is 19.9 Å². The second kappa shape index (κ2) is 14.7. The molecule has 8 bridgehead atoms. The number of fused-ring (bicyclic) bond motifs is 8. The molecule has 4 N–H and O–H groups in total. The topological polar surface area (TPSA) is 165 Å². The molecule has 1 aromatic carbocycles. The van der Waals surface area contributed by atoms with Crippen LogP contribution in [0.1, 0.15) is 101 Å². The van der Waals surface area contributed by atoms with Crippen LogP contribution >= 0.6 is 0 Å². The van der Waals surface area contributed by atoms with Crippen LogP contribution in [0.3, 0.4) is 0 Å². The minimum atomic E-state index is -0.611. The maximum absolute atomic E-state index is 11.1. The monoisotopic (exact) mass is 733 g/mol. The lowest BCUT2D eigenvalue weighted by molar-refractivity contribution is -0.384. The number of aromatic amines is 4. The van der Waals surface area contributed by atoms with Crippen molar-refractivity contribution in [2.75, 3.05) is 25.0 Å². The van der Waals surface area contributed by atoms with Crippen LogP contribution in [-0.2, 0) is 43.3 Å². The lowest BCUT2D eigenvalue weighted by Crippen LogP contribution is -2.25. The van der Waals surface area contributed by atoms with E-state index in [2.05, 4.69) is 128 Å². The molecular formula is C38H51N7O4S2. The van der Waals surface area contributed by atoms with E-state index in [1.807, 2.05) is 0 Å². The molecule has 0 unspecified atom stereocenters. The van der Waals surface area contributed by atoms with Gasteiger partial charge in [0.15, 0.2) is 5.82 Å². The minimum absolute atomic E-state index is 0.0167. The molecule has 5 heterocycles. The SMILES string of the molecule is CC1(C)c2ccc([nH]2)C(C)(C)c2ccc([nH]2)C(C)(C)c2cc([nH]c2N=Nc2ccc([N+](=O)[O-])cc2)C(C)(C)c2ccc1[nH]2.CS(C)=O.CS(C)=O. The smallest absolute Gasteiger partial charge is 0.269 e. The van der Waals surface area contributed by atoms with Crippen LogP contribution < -0.4 is 0 Å². The molecule has 0 amide bonds. The highest BCUT2D eigenvalue weighted by molar-refractivity contribution is 7.83. The number of H-pyrrole nitrogens is 4. The van der Waals surface area contributed by atoms with Crippen molar-refractivity contribution < 1.29 is 13.3 Å². The van der Waals surface area contributed by atoms with Crippen molar-refractivity contribution in [2.45, 2.75) is 77.0 Å². The Balaban J connectivity index is 0.000000662. The Bertz CT molecular complexity index is 2060. The number of nitrogens with zero attached hydrogens (tertiary/aromatic N) is 3. The highest BCUT2D eigenvalue weighted by atomic mass is 32.2. The molecule has 5 aromatic rings. The number of nitro groups is 1. The average molecular weight is 734 g/mol. The van der Waals surface area contributed by atoms with Gasteiger partial charge in [0.25, 0.3) is 5.69 Å². The van der Waals surface area contributed by atoms with Gasteiger partial charge in [-0.25, -0.2) is 0 Å². The highest BCUT2D eigenvalue weighted by Gasteiger charge is 2.37. The summed E-state index contributed by atoms with van der Waals surface area (Å²) < 4.78 is 19.1. The van der Waals surface area contributed by atoms with Crippen molar-refractivity contribution in [2.24, 2.45) is 10.2 Å². The zero-order valence-corrected chi connectivity index (χ0v) is 33.3. The van der Waals surface area contributed by atoms with Gasteiger partial charge in [-0.15, -0.1) is 10.2 Å². The van der Waals surface area contributed by atoms with Gasteiger partial charge in [0.2, 0.25) is 0 Å². The number of azo groups is 1.